The van der Waals surface area contributed by atoms with Gasteiger partial charge in [-0.2, -0.15) is 0 Å². The van der Waals surface area contributed by atoms with E-state index >= 15 is 0 Å². The second-order valence-corrected chi connectivity index (χ2v) is 4.03. The van der Waals surface area contributed by atoms with Gasteiger partial charge in [0.2, 0.25) is 0 Å². The molecule has 0 aromatic heterocycles. The number of aromatic hydroxyl groups is 2. The van der Waals surface area contributed by atoms with Gasteiger partial charge in [-0.15, -0.1) is 0 Å². The summed E-state index contributed by atoms with van der Waals surface area (Å²) < 4.78 is 0. The fraction of sp³-hybridized carbons (Fsp3) is 0.417. The highest BCUT2D eigenvalue weighted by Gasteiger charge is 2.09. The minimum absolute atomic E-state index is 0.0943. The number of aliphatic hydroxyl groups excluding tert-OH is 1. The van der Waals surface area contributed by atoms with Crippen molar-refractivity contribution in [1.82, 2.24) is 5.32 Å². The average molecular weight is 239 g/mol. The number of nitrogens with one attached hydrogen (secondary N) is 1. The average Bonchev–Trinajstić information content (AvgIpc) is 2.30. The third kappa shape index (κ3) is 3.96. The molecule has 94 valence electrons. The Bertz CT molecular complexity index is 392. The quantitative estimate of drug-likeness (QED) is 0.573. The van der Waals surface area contributed by atoms with Crippen LogP contribution in [0.3, 0.4) is 0 Å². The van der Waals surface area contributed by atoms with Crippen molar-refractivity contribution in [3.63, 3.8) is 0 Å². The molecule has 0 saturated heterocycles. The van der Waals surface area contributed by atoms with Crippen LogP contribution in [0, 0.1) is 5.92 Å². The summed E-state index contributed by atoms with van der Waals surface area (Å²) in [6.45, 7) is 2.48. The van der Waals surface area contributed by atoms with E-state index in [0.717, 1.165) is 0 Å². The van der Waals surface area contributed by atoms with Gasteiger partial charge in [-0.25, -0.2) is 0 Å². The van der Waals surface area contributed by atoms with Gasteiger partial charge in [-0.3, -0.25) is 4.79 Å². The number of rotatable bonds is 5. The van der Waals surface area contributed by atoms with E-state index in [1.807, 2.05) is 6.92 Å². The lowest BCUT2D eigenvalue weighted by Crippen LogP contribution is -2.28. The monoisotopic (exact) mass is 239 g/mol. The van der Waals surface area contributed by atoms with Gasteiger partial charge in [0.15, 0.2) is 11.5 Å². The van der Waals surface area contributed by atoms with Gasteiger partial charge in [0.25, 0.3) is 5.91 Å². The van der Waals surface area contributed by atoms with E-state index in [1.165, 1.54) is 18.2 Å². The summed E-state index contributed by atoms with van der Waals surface area (Å²) >= 11 is 0. The van der Waals surface area contributed by atoms with Crippen molar-refractivity contribution in [1.29, 1.82) is 0 Å². The van der Waals surface area contributed by atoms with Gasteiger partial charge < -0.3 is 20.6 Å². The summed E-state index contributed by atoms with van der Waals surface area (Å²) in [6, 6.07) is 3.91. The van der Waals surface area contributed by atoms with Crippen molar-refractivity contribution < 1.29 is 20.1 Å². The minimum Gasteiger partial charge on any atom is -0.504 e. The molecule has 1 rings (SSSR count). The molecule has 5 heteroatoms. The van der Waals surface area contributed by atoms with Crippen LogP contribution in [-0.4, -0.2) is 34.4 Å². The second-order valence-electron chi connectivity index (χ2n) is 4.03. The van der Waals surface area contributed by atoms with Crippen LogP contribution in [0.1, 0.15) is 23.7 Å². The highest BCUT2D eigenvalue weighted by molar-refractivity contribution is 5.94. The van der Waals surface area contributed by atoms with E-state index in [4.69, 9.17) is 10.2 Å². The number of phenolic OH excluding ortho intramolecular Hbond substituents is 2. The summed E-state index contributed by atoms with van der Waals surface area (Å²) in [6.07, 6.45) is 0.626. The standard InChI is InChI=1S/C12H17NO4/c1-8(4-5-14)7-13-12(17)9-2-3-10(15)11(16)6-9/h2-3,6,8,14-16H,4-5,7H2,1H3,(H,13,17). The lowest BCUT2D eigenvalue weighted by atomic mass is 10.1. The third-order valence-electron chi connectivity index (χ3n) is 2.47. The maximum atomic E-state index is 11.7. The Labute approximate surface area is 99.7 Å². The zero-order valence-corrected chi connectivity index (χ0v) is 9.68. The summed E-state index contributed by atoms with van der Waals surface area (Å²) in [5.74, 6) is -0.698. The van der Waals surface area contributed by atoms with E-state index < -0.39 is 0 Å². The fourth-order valence-corrected chi connectivity index (χ4v) is 1.36. The van der Waals surface area contributed by atoms with Crippen LogP contribution in [0.25, 0.3) is 0 Å². The van der Waals surface area contributed by atoms with Crippen LogP contribution in [0.4, 0.5) is 0 Å². The maximum absolute atomic E-state index is 11.7. The first-order chi connectivity index (χ1) is 8.04. The molecule has 0 saturated carbocycles. The van der Waals surface area contributed by atoms with Gasteiger partial charge in [-0.05, 0) is 30.5 Å². The van der Waals surface area contributed by atoms with Crippen LogP contribution in [0.15, 0.2) is 18.2 Å². The SMILES string of the molecule is CC(CCO)CNC(=O)c1ccc(O)c(O)c1. The number of amides is 1. The molecule has 0 aliphatic carbocycles. The normalized spacial score (nSPS) is 12.1. The highest BCUT2D eigenvalue weighted by Crippen LogP contribution is 2.24. The van der Waals surface area contributed by atoms with Crippen LogP contribution in [0.5, 0.6) is 11.5 Å². The molecule has 17 heavy (non-hydrogen) atoms. The molecule has 0 radical (unpaired) electrons. The van der Waals surface area contributed by atoms with Gasteiger partial charge in [0, 0.05) is 18.7 Å². The summed E-state index contributed by atoms with van der Waals surface area (Å²) in [5, 5.41) is 29.8. The first kappa shape index (κ1) is 13.3. The van der Waals surface area contributed by atoms with Gasteiger partial charge >= 0.3 is 0 Å². The summed E-state index contributed by atoms with van der Waals surface area (Å²) in [5.41, 5.74) is 0.288. The van der Waals surface area contributed by atoms with E-state index in [0.29, 0.717) is 13.0 Å². The topological polar surface area (TPSA) is 89.8 Å². The number of hydrogen-bond donors (Lipinski definition) is 4. The Morgan fingerprint density at radius 3 is 2.65 bits per heavy atom. The molecule has 5 nitrogen and oxygen atoms in total. The summed E-state index contributed by atoms with van der Waals surface area (Å²) in [7, 11) is 0. The van der Waals surface area contributed by atoms with Crippen LogP contribution >= 0.6 is 0 Å². The lowest BCUT2D eigenvalue weighted by Gasteiger charge is -2.11. The van der Waals surface area contributed by atoms with Crippen molar-refractivity contribution >= 4 is 5.91 Å². The number of carbonyl (C=O) groups excluding carboxylic acids is 1. The largest absolute Gasteiger partial charge is 0.504 e. The molecule has 4 N–H and O–H groups in total. The predicted molar refractivity (Wildman–Crippen MR) is 63.0 cm³/mol. The summed E-state index contributed by atoms with van der Waals surface area (Å²) in [4.78, 5) is 11.7. The van der Waals surface area contributed by atoms with Crippen molar-refractivity contribution in [3.8, 4) is 11.5 Å². The van der Waals surface area contributed by atoms with Crippen molar-refractivity contribution in [2.45, 2.75) is 13.3 Å². The Morgan fingerprint density at radius 2 is 2.06 bits per heavy atom. The fourth-order valence-electron chi connectivity index (χ4n) is 1.36. The first-order valence-corrected chi connectivity index (χ1v) is 5.45. The maximum Gasteiger partial charge on any atom is 0.251 e. The number of carbonyl (C=O) groups is 1. The molecule has 0 heterocycles. The Balaban J connectivity index is 2.55. The minimum atomic E-state index is -0.318. The number of phenols is 2. The van der Waals surface area contributed by atoms with Crippen molar-refractivity contribution in [3.05, 3.63) is 23.8 Å². The Hall–Kier alpha value is -1.75. The smallest absolute Gasteiger partial charge is 0.251 e. The number of benzene rings is 1. The van der Waals surface area contributed by atoms with Crippen LogP contribution < -0.4 is 5.32 Å². The third-order valence-corrected chi connectivity index (χ3v) is 2.47. The molecular formula is C12H17NO4. The van der Waals surface area contributed by atoms with Gasteiger partial charge in [-0.1, -0.05) is 6.92 Å². The van der Waals surface area contributed by atoms with Crippen LogP contribution in [0.2, 0.25) is 0 Å². The molecule has 0 spiro atoms. The molecule has 1 atom stereocenters. The molecule has 0 aliphatic heterocycles. The molecule has 1 unspecified atom stereocenters. The highest BCUT2D eigenvalue weighted by atomic mass is 16.3. The zero-order chi connectivity index (χ0) is 12.8. The van der Waals surface area contributed by atoms with Gasteiger partial charge in [0.1, 0.15) is 0 Å². The molecular weight excluding hydrogens is 222 g/mol. The molecule has 1 aromatic rings. The van der Waals surface area contributed by atoms with E-state index in [-0.39, 0.29) is 35.5 Å². The van der Waals surface area contributed by atoms with E-state index in [2.05, 4.69) is 5.32 Å². The van der Waals surface area contributed by atoms with Gasteiger partial charge in [0.05, 0.1) is 0 Å². The van der Waals surface area contributed by atoms with Crippen molar-refractivity contribution in [2.75, 3.05) is 13.2 Å². The molecule has 1 amide bonds. The second kappa shape index (κ2) is 6.10. The Kier molecular flexibility index (Phi) is 4.78. The predicted octanol–water partition coefficient (Wildman–Crippen LogP) is 0.846. The van der Waals surface area contributed by atoms with E-state index in [9.17, 15) is 9.90 Å². The number of aliphatic hydroxyl groups is 1. The first-order valence-electron chi connectivity index (χ1n) is 5.45. The van der Waals surface area contributed by atoms with Crippen molar-refractivity contribution in [2.24, 2.45) is 5.92 Å². The van der Waals surface area contributed by atoms with Crippen LogP contribution in [-0.2, 0) is 0 Å². The molecule has 0 bridgehead atoms. The Morgan fingerprint density at radius 1 is 1.35 bits per heavy atom. The van der Waals surface area contributed by atoms with E-state index in [1.54, 1.807) is 0 Å². The molecule has 0 fully saturated rings. The number of hydrogen-bond acceptors (Lipinski definition) is 4. The lowest BCUT2D eigenvalue weighted by molar-refractivity contribution is 0.0945. The zero-order valence-electron chi connectivity index (χ0n) is 9.68. The molecule has 0 aliphatic rings. The molecule has 1 aromatic carbocycles.